The lowest BCUT2D eigenvalue weighted by Crippen LogP contribution is -2.27. The summed E-state index contributed by atoms with van der Waals surface area (Å²) in [6, 6.07) is 4.52. The zero-order valence-electron chi connectivity index (χ0n) is 9.30. The quantitative estimate of drug-likeness (QED) is 0.873. The molecule has 92 valence electrons. The normalized spacial score (nSPS) is 19.3. The van der Waals surface area contributed by atoms with E-state index >= 15 is 0 Å². The Morgan fingerprint density at radius 1 is 1.59 bits per heavy atom. The predicted octanol–water partition coefficient (Wildman–Crippen LogP) is 2.56. The average molecular weight is 257 g/mol. The Morgan fingerprint density at radius 2 is 2.41 bits per heavy atom. The number of halogens is 2. The van der Waals surface area contributed by atoms with Crippen molar-refractivity contribution in [2.24, 2.45) is 0 Å². The van der Waals surface area contributed by atoms with Gasteiger partial charge in [-0.1, -0.05) is 17.7 Å². The predicted molar refractivity (Wildman–Crippen MR) is 65.7 cm³/mol. The van der Waals surface area contributed by atoms with Crippen LogP contribution in [0.1, 0.15) is 19.3 Å². The number of anilines is 1. The van der Waals surface area contributed by atoms with Gasteiger partial charge in [0, 0.05) is 12.5 Å². The van der Waals surface area contributed by atoms with Gasteiger partial charge in [0.2, 0.25) is 5.91 Å². The van der Waals surface area contributed by atoms with E-state index in [0.29, 0.717) is 6.42 Å². The van der Waals surface area contributed by atoms with Crippen molar-refractivity contribution in [1.82, 2.24) is 5.32 Å². The maximum absolute atomic E-state index is 13.4. The first-order valence-corrected chi connectivity index (χ1v) is 6.02. The number of hydrogen-bond donors (Lipinski definition) is 2. The van der Waals surface area contributed by atoms with Crippen LogP contribution >= 0.6 is 11.6 Å². The van der Waals surface area contributed by atoms with Crippen LogP contribution in [0.5, 0.6) is 0 Å². The molecule has 0 saturated carbocycles. The first kappa shape index (κ1) is 12.3. The van der Waals surface area contributed by atoms with Gasteiger partial charge < -0.3 is 10.6 Å². The number of carbonyl (C=O) groups is 1. The molecule has 2 rings (SSSR count). The van der Waals surface area contributed by atoms with Gasteiger partial charge in [-0.25, -0.2) is 4.39 Å². The lowest BCUT2D eigenvalue weighted by molar-refractivity contribution is -0.116. The molecule has 3 nitrogen and oxygen atoms in total. The number of rotatable bonds is 3. The van der Waals surface area contributed by atoms with E-state index in [4.69, 9.17) is 11.6 Å². The molecule has 1 aromatic rings. The third-order valence-electron chi connectivity index (χ3n) is 2.82. The van der Waals surface area contributed by atoms with Gasteiger partial charge in [0.1, 0.15) is 5.82 Å². The number of hydrogen-bond acceptors (Lipinski definition) is 2. The summed E-state index contributed by atoms with van der Waals surface area (Å²) in [5.41, 5.74) is 0.0668. The number of carbonyl (C=O) groups excluding carboxylic acids is 1. The van der Waals surface area contributed by atoms with Gasteiger partial charge in [-0.15, -0.1) is 0 Å². The minimum atomic E-state index is -0.509. The number of para-hydroxylation sites is 1. The third kappa shape index (κ3) is 3.17. The minimum Gasteiger partial charge on any atom is -0.322 e. The second kappa shape index (κ2) is 5.47. The van der Waals surface area contributed by atoms with Gasteiger partial charge in [-0.05, 0) is 31.5 Å². The van der Waals surface area contributed by atoms with Gasteiger partial charge >= 0.3 is 0 Å². The molecule has 1 aliphatic rings. The minimum absolute atomic E-state index is 0.0668. The molecule has 1 aliphatic heterocycles. The number of amides is 1. The summed E-state index contributed by atoms with van der Waals surface area (Å²) in [7, 11) is 0. The third-order valence-corrected chi connectivity index (χ3v) is 3.14. The van der Waals surface area contributed by atoms with E-state index in [9.17, 15) is 9.18 Å². The van der Waals surface area contributed by atoms with Crippen molar-refractivity contribution in [3.05, 3.63) is 29.0 Å². The summed E-state index contributed by atoms with van der Waals surface area (Å²) in [4.78, 5) is 11.7. The molecule has 1 heterocycles. The molecule has 0 aromatic heterocycles. The second-order valence-electron chi connectivity index (χ2n) is 4.14. The molecule has 1 atom stereocenters. The zero-order valence-corrected chi connectivity index (χ0v) is 10.1. The first-order valence-electron chi connectivity index (χ1n) is 5.64. The van der Waals surface area contributed by atoms with Gasteiger partial charge in [-0.2, -0.15) is 0 Å². The fourth-order valence-corrected chi connectivity index (χ4v) is 2.17. The average Bonchev–Trinajstić information content (AvgIpc) is 2.76. The van der Waals surface area contributed by atoms with Crippen molar-refractivity contribution < 1.29 is 9.18 Å². The van der Waals surface area contributed by atoms with Crippen LogP contribution in [0.3, 0.4) is 0 Å². The largest absolute Gasteiger partial charge is 0.322 e. The van der Waals surface area contributed by atoms with Crippen molar-refractivity contribution in [3.63, 3.8) is 0 Å². The molecule has 1 saturated heterocycles. The smallest absolute Gasteiger partial charge is 0.226 e. The lowest BCUT2D eigenvalue weighted by atomic mass is 10.1. The molecule has 0 radical (unpaired) electrons. The highest BCUT2D eigenvalue weighted by Gasteiger charge is 2.19. The summed E-state index contributed by atoms with van der Waals surface area (Å²) < 4.78 is 13.4. The molecule has 0 spiro atoms. The van der Waals surface area contributed by atoms with Crippen molar-refractivity contribution in [2.45, 2.75) is 25.3 Å². The molecule has 1 unspecified atom stereocenters. The molecule has 2 N–H and O–H groups in total. The van der Waals surface area contributed by atoms with Gasteiger partial charge in [0.25, 0.3) is 0 Å². The Morgan fingerprint density at radius 3 is 3.06 bits per heavy atom. The highest BCUT2D eigenvalue weighted by molar-refractivity contribution is 6.33. The van der Waals surface area contributed by atoms with E-state index in [2.05, 4.69) is 10.6 Å². The highest BCUT2D eigenvalue weighted by Crippen LogP contribution is 2.25. The Kier molecular flexibility index (Phi) is 3.97. The zero-order chi connectivity index (χ0) is 12.3. The molecule has 0 aliphatic carbocycles. The molecule has 1 amide bonds. The van der Waals surface area contributed by atoms with E-state index in [1.54, 1.807) is 6.07 Å². The van der Waals surface area contributed by atoms with Crippen LogP contribution in [0.4, 0.5) is 10.1 Å². The van der Waals surface area contributed by atoms with Crippen LogP contribution in [0.2, 0.25) is 5.02 Å². The van der Waals surface area contributed by atoms with Gasteiger partial charge in [0.05, 0.1) is 10.7 Å². The molecule has 5 heteroatoms. The van der Waals surface area contributed by atoms with Crippen molar-refractivity contribution in [2.75, 3.05) is 11.9 Å². The van der Waals surface area contributed by atoms with Gasteiger partial charge in [-0.3, -0.25) is 4.79 Å². The fraction of sp³-hybridized carbons (Fsp3) is 0.417. The van der Waals surface area contributed by atoms with E-state index in [1.807, 2.05) is 0 Å². The summed E-state index contributed by atoms with van der Waals surface area (Å²) in [6.07, 6.45) is 2.42. The fourth-order valence-electron chi connectivity index (χ4n) is 1.96. The molecule has 1 fully saturated rings. The Bertz CT molecular complexity index is 399. The topological polar surface area (TPSA) is 41.1 Å². The molecular formula is C12H14ClFN2O. The monoisotopic (exact) mass is 256 g/mol. The van der Waals surface area contributed by atoms with E-state index in [1.165, 1.54) is 12.1 Å². The lowest BCUT2D eigenvalue weighted by Gasteiger charge is -2.11. The van der Waals surface area contributed by atoms with Crippen LogP contribution in [0.25, 0.3) is 0 Å². The maximum atomic E-state index is 13.4. The summed E-state index contributed by atoms with van der Waals surface area (Å²) >= 11 is 5.82. The maximum Gasteiger partial charge on any atom is 0.226 e. The van der Waals surface area contributed by atoms with Crippen molar-refractivity contribution >= 4 is 23.2 Å². The van der Waals surface area contributed by atoms with Crippen LogP contribution in [0, 0.1) is 5.82 Å². The summed E-state index contributed by atoms with van der Waals surface area (Å²) in [5.74, 6) is -0.721. The van der Waals surface area contributed by atoms with Crippen molar-refractivity contribution in [3.8, 4) is 0 Å². The van der Waals surface area contributed by atoms with Crippen LogP contribution in [0.15, 0.2) is 18.2 Å². The summed E-state index contributed by atoms with van der Waals surface area (Å²) in [6.45, 7) is 0.943. The van der Waals surface area contributed by atoms with E-state index < -0.39 is 5.82 Å². The number of benzene rings is 1. The van der Waals surface area contributed by atoms with Gasteiger partial charge in [0.15, 0.2) is 0 Å². The van der Waals surface area contributed by atoms with Crippen LogP contribution < -0.4 is 10.6 Å². The first-order chi connectivity index (χ1) is 8.16. The van der Waals surface area contributed by atoms with E-state index in [0.717, 1.165) is 19.4 Å². The van der Waals surface area contributed by atoms with Crippen LogP contribution in [-0.2, 0) is 4.79 Å². The second-order valence-corrected chi connectivity index (χ2v) is 4.55. The van der Waals surface area contributed by atoms with E-state index in [-0.39, 0.29) is 22.7 Å². The molecular weight excluding hydrogens is 243 g/mol. The Labute approximate surface area is 104 Å². The molecule has 1 aromatic carbocycles. The standard InChI is InChI=1S/C12H14ClFN2O/c13-9-4-1-5-10(14)12(9)16-11(17)7-8-3-2-6-15-8/h1,4-5,8,15H,2-3,6-7H2,(H,16,17). The highest BCUT2D eigenvalue weighted by atomic mass is 35.5. The number of nitrogens with one attached hydrogen (secondary N) is 2. The molecule has 0 bridgehead atoms. The SMILES string of the molecule is O=C(CC1CCCN1)Nc1c(F)cccc1Cl. The Balaban J connectivity index is 1.97. The summed E-state index contributed by atoms with van der Waals surface area (Å²) in [5, 5.41) is 5.95. The Hall–Kier alpha value is -1.13. The molecule has 17 heavy (non-hydrogen) atoms. The van der Waals surface area contributed by atoms with Crippen LogP contribution in [-0.4, -0.2) is 18.5 Å². The van der Waals surface area contributed by atoms with Crippen molar-refractivity contribution in [1.29, 1.82) is 0 Å².